The van der Waals surface area contributed by atoms with Crippen molar-refractivity contribution in [3.63, 3.8) is 0 Å². The van der Waals surface area contributed by atoms with Crippen molar-refractivity contribution in [1.82, 2.24) is 15.2 Å². The van der Waals surface area contributed by atoms with Gasteiger partial charge in [-0.15, -0.1) is 0 Å². The van der Waals surface area contributed by atoms with Gasteiger partial charge in [-0.05, 0) is 25.0 Å². The molecule has 2 fully saturated rings. The van der Waals surface area contributed by atoms with E-state index >= 15 is 0 Å². The van der Waals surface area contributed by atoms with Crippen LogP contribution in [0.5, 0.6) is 0 Å². The molecule has 3 rings (SSSR count). The fraction of sp³-hybridized carbons (Fsp3) is 0.467. The first-order chi connectivity index (χ1) is 11.1. The summed E-state index contributed by atoms with van der Waals surface area (Å²) in [7, 11) is 0. The monoisotopic (exact) mass is 335 g/mol. The molecule has 2 heterocycles. The van der Waals surface area contributed by atoms with Gasteiger partial charge in [0.25, 0.3) is 16.7 Å². The van der Waals surface area contributed by atoms with Crippen LogP contribution in [0.25, 0.3) is 0 Å². The number of rotatable bonds is 3. The van der Waals surface area contributed by atoms with Crippen molar-refractivity contribution in [1.29, 1.82) is 0 Å². The Bertz CT molecular complexity index is 686. The molecule has 122 valence electrons. The average Bonchev–Trinajstić information content (AvgIpc) is 2.87. The summed E-state index contributed by atoms with van der Waals surface area (Å²) in [6.07, 6.45) is 4.64. The normalized spacial score (nSPS) is 24.8. The molecule has 0 aromatic carbocycles. The minimum atomic E-state index is -0.476. The summed E-state index contributed by atoms with van der Waals surface area (Å²) in [5.74, 6) is -0.520. The quantitative estimate of drug-likeness (QED) is 0.862. The van der Waals surface area contributed by atoms with Gasteiger partial charge in [0.15, 0.2) is 0 Å². The van der Waals surface area contributed by atoms with E-state index in [-0.39, 0.29) is 34.5 Å². The van der Waals surface area contributed by atoms with Gasteiger partial charge < -0.3 is 10.3 Å². The summed E-state index contributed by atoms with van der Waals surface area (Å²) >= 11 is 0.997. The lowest BCUT2D eigenvalue weighted by Gasteiger charge is -2.36. The predicted molar refractivity (Wildman–Crippen MR) is 85.3 cm³/mol. The number of amides is 3. The number of nitrogens with one attached hydrogen (secondary N) is 2. The third kappa shape index (κ3) is 3.17. The Hall–Kier alpha value is -2.09. The van der Waals surface area contributed by atoms with E-state index in [1.807, 2.05) is 0 Å². The molecule has 2 N–H and O–H groups in total. The van der Waals surface area contributed by atoms with Gasteiger partial charge in [-0.1, -0.05) is 24.6 Å². The standard InChI is InChI=1S/C15H17N3O4S/c19-12-8-23-15(22)18(12)11-6-2-1-5-10(11)17-14(21)9-4-3-7-16-13(9)20/h3-4,7,10-11H,1-2,5-6,8H2,(H,16,20)(H,17,21)/t10-,11+/m1/s1. The van der Waals surface area contributed by atoms with Crippen LogP contribution in [0.1, 0.15) is 36.0 Å². The summed E-state index contributed by atoms with van der Waals surface area (Å²) in [5, 5.41) is 2.58. The Morgan fingerprint density at radius 1 is 1.26 bits per heavy atom. The van der Waals surface area contributed by atoms with Gasteiger partial charge in [0, 0.05) is 6.20 Å². The van der Waals surface area contributed by atoms with Crippen LogP contribution in [0.4, 0.5) is 4.79 Å². The SMILES string of the molecule is O=C(N[C@@H]1CCCC[C@@H]1N1C(=O)CSC1=O)c1ccc[nH]c1=O. The van der Waals surface area contributed by atoms with Gasteiger partial charge in [-0.2, -0.15) is 0 Å². The van der Waals surface area contributed by atoms with Gasteiger partial charge in [0.05, 0.1) is 17.8 Å². The summed E-state index contributed by atoms with van der Waals surface area (Å²) in [5.41, 5.74) is -0.425. The number of pyridine rings is 1. The van der Waals surface area contributed by atoms with Crippen molar-refractivity contribution in [3.8, 4) is 0 Å². The molecule has 2 aliphatic rings. The van der Waals surface area contributed by atoms with E-state index < -0.39 is 11.5 Å². The van der Waals surface area contributed by atoms with Crippen molar-refractivity contribution in [2.24, 2.45) is 0 Å². The van der Waals surface area contributed by atoms with E-state index in [4.69, 9.17) is 0 Å². The molecule has 1 saturated carbocycles. The highest BCUT2D eigenvalue weighted by Gasteiger charge is 2.41. The highest BCUT2D eigenvalue weighted by molar-refractivity contribution is 8.14. The lowest BCUT2D eigenvalue weighted by Crippen LogP contribution is -2.55. The number of carbonyl (C=O) groups is 3. The van der Waals surface area contributed by atoms with E-state index in [0.717, 1.165) is 24.6 Å². The second-order valence-corrected chi connectivity index (χ2v) is 6.59. The minimum Gasteiger partial charge on any atom is -0.347 e. The maximum absolute atomic E-state index is 12.3. The molecule has 1 saturated heterocycles. The molecular weight excluding hydrogens is 318 g/mol. The molecule has 1 aromatic heterocycles. The Kier molecular flexibility index (Phi) is 4.51. The average molecular weight is 335 g/mol. The van der Waals surface area contributed by atoms with Crippen LogP contribution in [-0.2, 0) is 4.79 Å². The molecule has 1 aliphatic heterocycles. The van der Waals surface area contributed by atoms with Crippen LogP contribution in [-0.4, -0.2) is 44.8 Å². The van der Waals surface area contributed by atoms with E-state index in [1.165, 1.54) is 17.2 Å². The summed E-state index contributed by atoms with van der Waals surface area (Å²) in [6, 6.07) is 2.39. The number of hydrogen-bond acceptors (Lipinski definition) is 5. The van der Waals surface area contributed by atoms with Crippen LogP contribution in [0.3, 0.4) is 0 Å². The molecule has 3 amide bonds. The fourth-order valence-electron chi connectivity index (χ4n) is 3.12. The van der Waals surface area contributed by atoms with Crippen LogP contribution < -0.4 is 10.9 Å². The predicted octanol–water partition coefficient (Wildman–Crippen LogP) is 1.11. The Labute approximate surface area is 136 Å². The third-order valence-corrected chi connectivity index (χ3v) is 5.06. The summed E-state index contributed by atoms with van der Waals surface area (Å²) in [4.78, 5) is 51.7. The molecule has 1 aliphatic carbocycles. The zero-order valence-electron chi connectivity index (χ0n) is 12.4. The molecule has 7 nitrogen and oxygen atoms in total. The Balaban J connectivity index is 1.78. The molecule has 1 aromatic rings. The zero-order chi connectivity index (χ0) is 16.4. The van der Waals surface area contributed by atoms with Gasteiger partial charge in [-0.25, -0.2) is 0 Å². The smallest absolute Gasteiger partial charge is 0.289 e. The van der Waals surface area contributed by atoms with Crippen LogP contribution in [0.2, 0.25) is 0 Å². The number of thioether (sulfide) groups is 1. The van der Waals surface area contributed by atoms with Crippen molar-refractivity contribution in [2.45, 2.75) is 37.8 Å². The van der Waals surface area contributed by atoms with Crippen LogP contribution in [0, 0.1) is 0 Å². The van der Waals surface area contributed by atoms with Crippen molar-refractivity contribution < 1.29 is 14.4 Å². The van der Waals surface area contributed by atoms with Crippen LogP contribution in [0.15, 0.2) is 23.1 Å². The second-order valence-electron chi connectivity index (χ2n) is 5.66. The lowest BCUT2D eigenvalue weighted by atomic mass is 9.89. The number of nitrogens with zero attached hydrogens (tertiary/aromatic N) is 1. The largest absolute Gasteiger partial charge is 0.347 e. The number of carbonyl (C=O) groups excluding carboxylic acids is 3. The third-order valence-electron chi connectivity index (χ3n) is 4.22. The summed E-state index contributed by atoms with van der Waals surface area (Å²) < 4.78 is 0. The molecular formula is C15H17N3O4S. The number of H-pyrrole nitrogens is 1. The van der Waals surface area contributed by atoms with E-state index in [1.54, 1.807) is 6.07 Å². The Morgan fingerprint density at radius 2 is 2.04 bits per heavy atom. The molecule has 8 heteroatoms. The number of imide groups is 1. The topological polar surface area (TPSA) is 99.3 Å². The Morgan fingerprint density at radius 3 is 2.74 bits per heavy atom. The highest BCUT2D eigenvalue weighted by atomic mass is 32.2. The fourth-order valence-corrected chi connectivity index (χ4v) is 3.88. The van der Waals surface area contributed by atoms with Crippen molar-refractivity contribution in [2.75, 3.05) is 5.75 Å². The van der Waals surface area contributed by atoms with E-state index in [0.29, 0.717) is 12.8 Å². The molecule has 0 unspecified atom stereocenters. The minimum absolute atomic E-state index is 0.0327. The number of aromatic nitrogens is 1. The first-order valence-electron chi connectivity index (χ1n) is 7.55. The van der Waals surface area contributed by atoms with Crippen molar-refractivity contribution in [3.05, 3.63) is 34.2 Å². The van der Waals surface area contributed by atoms with Crippen molar-refractivity contribution >= 4 is 28.8 Å². The molecule has 2 atom stereocenters. The number of hydrogen-bond donors (Lipinski definition) is 2. The number of aromatic amines is 1. The highest BCUT2D eigenvalue weighted by Crippen LogP contribution is 2.30. The molecule has 0 spiro atoms. The van der Waals surface area contributed by atoms with E-state index in [9.17, 15) is 19.2 Å². The molecule has 23 heavy (non-hydrogen) atoms. The first kappa shape index (κ1) is 15.8. The van der Waals surface area contributed by atoms with Gasteiger partial charge in [0.2, 0.25) is 5.91 Å². The van der Waals surface area contributed by atoms with Gasteiger partial charge >= 0.3 is 0 Å². The first-order valence-corrected chi connectivity index (χ1v) is 8.54. The van der Waals surface area contributed by atoms with Gasteiger partial charge in [-0.3, -0.25) is 24.1 Å². The lowest BCUT2D eigenvalue weighted by molar-refractivity contribution is -0.127. The maximum atomic E-state index is 12.3. The van der Waals surface area contributed by atoms with Gasteiger partial charge in [0.1, 0.15) is 5.56 Å². The summed E-state index contributed by atoms with van der Waals surface area (Å²) in [6.45, 7) is 0. The molecule has 0 radical (unpaired) electrons. The van der Waals surface area contributed by atoms with Crippen LogP contribution >= 0.6 is 11.8 Å². The molecule has 0 bridgehead atoms. The zero-order valence-corrected chi connectivity index (χ0v) is 13.2. The van der Waals surface area contributed by atoms with E-state index in [2.05, 4.69) is 10.3 Å². The maximum Gasteiger partial charge on any atom is 0.289 e. The second kappa shape index (κ2) is 6.57.